The monoisotopic (exact) mass is 261 g/mol. The molecule has 4 rings (SSSR count). The molecule has 2 aromatic rings. The molecule has 1 N–H and O–H groups in total. The Morgan fingerprint density at radius 2 is 1.79 bits per heavy atom. The number of hydrogen-bond donors (Lipinski definition) is 1. The maximum atomic E-state index is 12.7. The zero-order valence-corrected chi connectivity index (χ0v) is 10.2. The minimum absolute atomic E-state index is 0.244. The molecule has 1 fully saturated rings. The van der Waals surface area contributed by atoms with E-state index in [0.29, 0.717) is 17.4 Å². The first-order valence-electron chi connectivity index (χ1n) is 6.51. The van der Waals surface area contributed by atoms with Crippen LogP contribution >= 0.6 is 0 Å². The minimum atomic E-state index is -2.56. The van der Waals surface area contributed by atoms with Gasteiger partial charge in [-0.15, -0.1) is 0 Å². The Hall–Kier alpha value is -1.62. The van der Waals surface area contributed by atoms with Crippen LogP contribution in [-0.2, 0) is 0 Å². The number of aromatic nitrogens is 2. The number of fused-ring (bicyclic) bond motifs is 6. The van der Waals surface area contributed by atoms with Gasteiger partial charge in [0, 0.05) is 13.1 Å². The second-order valence-corrected chi connectivity index (χ2v) is 5.35. The van der Waals surface area contributed by atoms with Crippen molar-refractivity contribution in [2.75, 3.05) is 13.1 Å². The molecule has 0 spiro atoms. The first-order valence-corrected chi connectivity index (χ1v) is 6.51. The van der Waals surface area contributed by atoms with E-state index >= 15 is 0 Å². The zero-order valence-electron chi connectivity index (χ0n) is 10.2. The van der Waals surface area contributed by atoms with Crippen molar-refractivity contribution in [3.8, 4) is 0 Å². The van der Waals surface area contributed by atoms with E-state index in [2.05, 4.69) is 15.3 Å². The van der Waals surface area contributed by atoms with Gasteiger partial charge in [0.1, 0.15) is 5.69 Å². The van der Waals surface area contributed by atoms with Crippen molar-refractivity contribution in [3.05, 3.63) is 35.2 Å². The lowest BCUT2D eigenvalue weighted by Crippen LogP contribution is -2.28. The number of piperidine rings is 1. The highest BCUT2D eigenvalue weighted by Gasteiger charge is 2.34. The fourth-order valence-corrected chi connectivity index (χ4v) is 3.33. The van der Waals surface area contributed by atoms with Gasteiger partial charge in [0.2, 0.25) is 0 Å². The van der Waals surface area contributed by atoms with Gasteiger partial charge in [-0.1, -0.05) is 0 Å². The van der Waals surface area contributed by atoms with E-state index in [4.69, 9.17) is 0 Å². The Morgan fingerprint density at radius 1 is 1.11 bits per heavy atom. The summed E-state index contributed by atoms with van der Waals surface area (Å²) in [6.45, 7) is 1.97. The van der Waals surface area contributed by atoms with Crippen LogP contribution in [0.4, 0.5) is 8.78 Å². The van der Waals surface area contributed by atoms with E-state index in [1.54, 1.807) is 0 Å². The fourth-order valence-electron chi connectivity index (χ4n) is 3.33. The minimum Gasteiger partial charge on any atom is -0.316 e. The molecule has 2 atom stereocenters. The summed E-state index contributed by atoms with van der Waals surface area (Å²) in [5, 5.41) is 3.42. The zero-order chi connectivity index (χ0) is 13.0. The van der Waals surface area contributed by atoms with Crippen LogP contribution in [0.2, 0.25) is 0 Å². The van der Waals surface area contributed by atoms with Crippen molar-refractivity contribution in [1.29, 1.82) is 0 Å². The van der Waals surface area contributed by atoms with Crippen LogP contribution in [0.5, 0.6) is 0 Å². The fraction of sp³-hybridized carbons (Fsp3) is 0.429. The van der Waals surface area contributed by atoms with Gasteiger partial charge in [0.15, 0.2) is 0 Å². The van der Waals surface area contributed by atoms with E-state index < -0.39 is 6.43 Å². The van der Waals surface area contributed by atoms with Gasteiger partial charge in [-0.25, -0.2) is 13.8 Å². The Morgan fingerprint density at radius 3 is 2.47 bits per heavy atom. The summed E-state index contributed by atoms with van der Waals surface area (Å²) in [4.78, 5) is 8.16. The molecule has 1 aliphatic heterocycles. The standard InChI is InChI=1S/C14H13F2N3/c15-14(16)13-6-18-11-2-9-7-1-8(5-17-4-7)10(9)3-12(11)19-13/h2-3,6-8,14,17H,1,4-5H2/t7-,8?/m0/s1. The van der Waals surface area contributed by atoms with Crippen LogP contribution in [0, 0.1) is 0 Å². The van der Waals surface area contributed by atoms with Gasteiger partial charge in [-0.2, -0.15) is 0 Å². The molecule has 2 aliphatic rings. The molecular weight excluding hydrogens is 248 g/mol. The lowest BCUT2D eigenvalue weighted by atomic mass is 9.98. The second-order valence-electron chi connectivity index (χ2n) is 5.35. The molecule has 1 saturated heterocycles. The molecule has 1 aromatic carbocycles. The Bertz CT molecular complexity index is 656. The number of alkyl halides is 2. The van der Waals surface area contributed by atoms with Crippen LogP contribution in [0.1, 0.15) is 41.5 Å². The molecule has 0 saturated carbocycles. The van der Waals surface area contributed by atoms with Crippen LogP contribution in [0.3, 0.4) is 0 Å². The van der Waals surface area contributed by atoms with Gasteiger partial charge in [-0.05, 0) is 41.5 Å². The molecule has 0 radical (unpaired) electrons. The first kappa shape index (κ1) is 11.2. The van der Waals surface area contributed by atoms with Crippen molar-refractivity contribution in [2.24, 2.45) is 0 Å². The summed E-state index contributed by atoms with van der Waals surface area (Å²) >= 11 is 0. The molecule has 1 unspecified atom stereocenters. The summed E-state index contributed by atoms with van der Waals surface area (Å²) in [5.41, 5.74) is 3.65. The maximum Gasteiger partial charge on any atom is 0.281 e. The molecule has 19 heavy (non-hydrogen) atoms. The smallest absolute Gasteiger partial charge is 0.281 e. The third kappa shape index (κ3) is 1.64. The highest BCUT2D eigenvalue weighted by molar-refractivity contribution is 5.77. The van der Waals surface area contributed by atoms with Crippen molar-refractivity contribution < 1.29 is 8.78 Å². The van der Waals surface area contributed by atoms with E-state index in [-0.39, 0.29) is 5.69 Å². The third-order valence-corrected chi connectivity index (χ3v) is 4.22. The van der Waals surface area contributed by atoms with Gasteiger partial charge < -0.3 is 5.32 Å². The normalized spacial score (nSPS) is 25.0. The molecule has 5 heteroatoms. The quantitative estimate of drug-likeness (QED) is 0.857. The summed E-state index contributed by atoms with van der Waals surface area (Å²) < 4.78 is 25.3. The Balaban J connectivity index is 1.91. The van der Waals surface area contributed by atoms with Gasteiger partial charge in [-0.3, -0.25) is 4.98 Å². The first-order chi connectivity index (χ1) is 9.22. The highest BCUT2D eigenvalue weighted by atomic mass is 19.3. The van der Waals surface area contributed by atoms with Crippen molar-refractivity contribution in [2.45, 2.75) is 24.7 Å². The molecular formula is C14H13F2N3. The molecule has 98 valence electrons. The number of hydrogen-bond acceptors (Lipinski definition) is 3. The summed E-state index contributed by atoms with van der Waals surface area (Å²) in [6.07, 6.45) is -0.231. The molecule has 2 heterocycles. The van der Waals surface area contributed by atoms with Gasteiger partial charge in [0.05, 0.1) is 17.2 Å². The van der Waals surface area contributed by atoms with Crippen LogP contribution in [0.15, 0.2) is 18.3 Å². The van der Waals surface area contributed by atoms with E-state index in [1.807, 2.05) is 12.1 Å². The topological polar surface area (TPSA) is 37.8 Å². The SMILES string of the molecule is FC(F)c1cnc2cc3c(cc2n1)C1CNC[C@@H]3C1. The molecule has 1 aliphatic carbocycles. The van der Waals surface area contributed by atoms with Crippen molar-refractivity contribution in [1.82, 2.24) is 15.3 Å². The largest absolute Gasteiger partial charge is 0.316 e. The molecule has 3 nitrogen and oxygen atoms in total. The summed E-state index contributed by atoms with van der Waals surface area (Å²) in [6, 6.07) is 3.99. The maximum absolute atomic E-state index is 12.7. The predicted octanol–water partition coefficient (Wildman–Crippen LogP) is 2.74. The summed E-state index contributed by atoms with van der Waals surface area (Å²) in [5.74, 6) is 1.03. The molecule has 0 amide bonds. The van der Waals surface area contributed by atoms with Crippen molar-refractivity contribution >= 4 is 11.0 Å². The lowest BCUT2D eigenvalue weighted by molar-refractivity contribution is 0.146. The Labute approximate surface area is 109 Å². The van der Waals surface area contributed by atoms with Crippen LogP contribution in [0.25, 0.3) is 11.0 Å². The highest BCUT2D eigenvalue weighted by Crippen LogP contribution is 2.44. The van der Waals surface area contributed by atoms with E-state index in [9.17, 15) is 8.78 Å². The number of benzene rings is 1. The lowest BCUT2D eigenvalue weighted by Gasteiger charge is -2.19. The average Bonchev–Trinajstić information content (AvgIpc) is 2.67. The number of nitrogens with zero attached hydrogens (tertiary/aromatic N) is 2. The number of nitrogens with one attached hydrogen (secondary N) is 1. The van der Waals surface area contributed by atoms with Gasteiger partial charge >= 0.3 is 0 Å². The van der Waals surface area contributed by atoms with E-state index in [0.717, 1.165) is 25.0 Å². The van der Waals surface area contributed by atoms with Gasteiger partial charge in [0.25, 0.3) is 6.43 Å². The van der Waals surface area contributed by atoms with Crippen molar-refractivity contribution in [3.63, 3.8) is 0 Å². The van der Waals surface area contributed by atoms with E-state index in [1.165, 1.54) is 17.3 Å². The third-order valence-electron chi connectivity index (χ3n) is 4.22. The summed E-state index contributed by atoms with van der Waals surface area (Å²) in [7, 11) is 0. The van der Waals surface area contributed by atoms with Crippen LogP contribution in [-0.4, -0.2) is 23.1 Å². The number of rotatable bonds is 1. The second kappa shape index (κ2) is 3.93. The predicted molar refractivity (Wildman–Crippen MR) is 67.5 cm³/mol. The number of halogens is 2. The van der Waals surface area contributed by atoms with Crippen LogP contribution < -0.4 is 5.32 Å². The average molecular weight is 261 g/mol. The molecule has 2 bridgehead atoms. The Kier molecular flexibility index (Phi) is 2.33. The molecule has 1 aromatic heterocycles.